The minimum atomic E-state index is -0.635. The molecule has 0 atom stereocenters. The third kappa shape index (κ3) is 13.7. The van der Waals surface area contributed by atoms with Crippen LogP contribution in [0.3, 0.4) is 0 Å². The normalized spacial score (nSPS) is 11.1. The predicted molar refractivity (Wildman–Crippen MR) is 148 cm³/mol. The first-order chi connectivity index (χ1) is 17.8. The number of aliphatic hydroxyl groups excluding tert-OH is 1. The van der Waals surface area contributed by atoms with Crippen molar-refractivity contribution in [3.8, 4) is 11.5 Å². The summed E-state index contributed by atoms with van der Waals surface area (Å²) in [6, 6.07) is 15.1. The largest absolute Gasteiger partial charge is 0.494 e. The molecule has 0 saturated heterocycles. The van der Waals surface area contributed by atoms with Gasteiger partial charge in [-0.25, -0.2) is 4.79 Å². The van der Waals surface area contributed by atoms with Crippen LogP contribution in [-0.2, 0) is 11.2 Å². The first-order valence-electron chi connectivity index (χ1n) is 13.4. The van der Waals surface area contributed by atoms with Crippen LogP contribution in [0.2, 0.25) is 0 Å². The van der Waals surface area contributed by atoms with E-state index in [9.17, 15) is 4.79 Å². The van der Waals surface area contributed by atoms with Gasteiger partial charge in [-0.2, -0.15) is 0 Å². The average molecular weight is 513 g/mol. The Balaban J connectivity index is 1.45. The quantitative estimate of drug-likeness (QED) is 0.133. The van der Waals surface area contributed by atoms with Crippen molar-refractivity contribution in [1.82, 2.24) is 5.32 Å². The minimum absolute atomic E-state index is 0.00192. The van der Waals surface area contributed by atoms with E-state index >= 15 is 0 Å². The SMILES string of the molecule is CC(C)(C)OC(=O)NC(=N)c1ccc(OCCCCCCCCCCOc2ccc(CCO)cc2)cc1. The number of ether oxygens (including phenoxy) is 3. The summed E-state index contributed by atoms with van der Waals surface area (Å²) in [4.78, 5) is 11.8. The average Bonchev–Trinajstić information content (AvgIpc) is 2.85. The Morgan fingerprint density at radius 3 is 1.70 bits per heavy atom. The molecule has 0 spiro atoms. The Morgan fingerprint density at radius 1 is 0.784 bits per heavy atom. The molecule has 0 fully saturated rings. The van der Waals surface area contributed by atoms with Gasteiger partial charge in [0, 0.05) is 12.2 Å². The third-order valence-electron chi connectivity index (χ3n) is 5.67. The van der Waals surface area contributed by atoms with Crippen molar-refractivity contribution in [2.45, 2.75) is 84.2 Å². The fraction of sp³-hybridized carbons (Fsp3) is 0.533. The number of carbonyl (C=O) groups excluding carboxylic acids is 1. The lowest BCUT2D eigenvalue weighted by atomic mass is 10.1. The summed E-state index contributed by atoms with van der Waals surface area (Å²) in [5, 5.41) is 19.4. The summed E-state index contributed by atoms with van der Waals surface area (Å²) in [6.45, 7) is 6.94. The summed E-state index contributed by atoms with van der Waals surface area (Å²) in [7, 11) is 0. The number of aliphatic hydroxyl groups is 1. The fourth-order valence-electron chi connectivity index (χ4n) is 3.72. The van der Waals surface area contributed by atoms with Crippen molar-refractivity contribution >= 4 is 11.9 Å². The van der Waals surface area contributed by atoms with Crippen LogP contribution in [0, 0.1) is 5.41 Å². The van der Waals surface area contributed by atoms with Crippen LogP contribution >= 0.6 is 0 Å². The van der Waals surface area contributed by atoms with E-state index in [1.54, 1.807) is 32.9 Å². The van der Waals surface area contributed by atoms with Gasteiger partial charge in [-0.15, -0.1) is 0 Å². The van der Waals surface area contributed by atoms with Gasteiger partial charge in [0.25, 0.3) is 0 Å². The highest BCUT2D eigenvalue weighted by Crippen LogP contribution is 2.16. The predicted octanol–water partition coefficient (Wildman–Crippen LogP) is 6.65. The molecule has 1 amide bonds. The summed E-state index contributed by atoms with van der Waals surface area (Å²) < 4.78 is 16.8. The number of amidine groups is 1. The molecule has 0 aliphatic heterocycles. The molecule has 0 saturated carbocycles. The molecule has 3 N–H and O–H groups in total. The number of carbonyl (C=O) groups is 1. The van der Waals surface area contributed by atoms with Gasteiger partial charge in [-0.3, -0.25) is 10.7 Å². The van der Waals surface area contributed by atoms with Crippen LogP contribution < -0.4 is 14.8 Å². The zero-order valence-electron chi connectivity index (χ0n) is 22.7. The summed E-state index contributed by atoms with van der Waals surface area (Å²) in [5.74, 6) is 1.66. The van der Waals surface area contributed by atoms with Crippen molar-refractivity contribution in [3.63, 3.8) is 0 Å². The van der Waals surface area contributed by atoms with Gasteiger partial charge < -0.3 is 19.3 Å². The summed E-state index contributed by atoms with van der Waals surface area (Å²) in [5.41, 5.74) is 1.12. The molecular weight excluding hydrogens is 468 g/mol. The number of rotatable bonds is 16. The van der Waals surface area contributed by atoms with Crippen molar-refractivity contribution < 1.29 is 24.1 Å². The molecule has 0 aromatic heterocycles. The number of unbranched alkanes of at least 4 members (excludes halogenated alkanes) is 7. The Labute approximate surface area is 222 Å². The standard InChI is InChI=1S/C30H44N2O5/c1-30(2,3)37-29(34)32-28(31)25-14-18-27(19-15-25)36-23-11-9-7-5-4-6-8-10-22-35-26-16-12-24(13-17-26)20-21-33/h12-19,33H,4-11,20-23H2,1-3H3,(H2,31,32,34). The molecule has 0 unspecified atom stereocenters. The number of hydrogen-bond donors (Lipinski definition) is 3. The Kier molecular flexibility index (Phi) is 13.6. The zero-order chi connectivity index (χ0) is 26.9. The van der Waals surface area contributed by atoms with Gasteiger partial charge in [0.15, 0.2) is 0 Å². The van der Waals surface area contributed by atoms with Crippen LogP contribution in [0.5, 0.6) is 11.5 Å². The summed E-state index contributed by atoms with van der Waals surface area (Å²) >= 11 is 0. The van der Waals surface area contributed by atoms with Crippen LogP contribution in [0.1, 0.15) is 83.3 Å². The molecular formula is C30H44N2O5. The molecule has 0 aliphatic carbocycles. The van der Waals surface area contributed by atoms with E-state index in [1.807, 2.05) is 36.4 Å². The van der Waals surface area contributed by atoms with E-state index in [1.165, 1.54) is 32.1 Å². The maximum Gasteiger partial charge on any atom is 0.413 e. The Morgan fingerprint density at radius 2 is 1.24 bits per heavy atom. The van der Waals surface area contributed by atoms with Gasteiger partial charge >= 0.3 is 6.09 Å². The number of benzene rings is 2. The van der Waals surface area contributed by atoms with Crippen LogP contribution in [0.25, 0.3) is 0 Å². The Bertz CT molecular complexity index is 920. The van der Waals surface area contributed by atoms with Gasteiger partial charge in [-0.05, 0) is 82.0 Å². The number of nitrogens with one attached hydrogen (secondary N) is 2. The fourth-order valence-corrected chi connectivity index (χ4v) is 3.72. The van der Waals surface area contributed by atoms with E-state index < -0.39 is 11.7 Å². The molecule has 0 radical (unpaired) electrons. The molecule has 37 heavy (non-hydrogen) atoms. The van der Waals surface area contributed by atoms with E-state index in [0.29, 0.717) is 18.6 Å². The molecule has 204 valence electrons. The second-order valence-corrected chi connectivity index (χ2v) is 10.2. The molecule has 0 heterocycles. The number of amides is 1. The number of alkyl carbamates (subject to hydrolysis) is 1. The number of hydrogen-bond acceptors (Lipinski definition) is 6. The first kappa shape index (κ1) is 30.2. The molecule has 7 nitrogen and oxygen atoms in total. The van der Waals surface area contributed by atoms with Gasteiger partial charge in [0.1, 0.15) is 22.9 Å². The van der Waals surface area contributed by atoms with E-state index in [-0.39, 0.29) is 12.4 Å². The summed E-state index contributed by atoms with van der Waals surface area (Å²) in [6.07, 6.45) is 9.42. The lowest BCUT2D eigenvalue weighted by Crippen LogP contribution is -2.36. The maximum atomic E-state index is 11.8. The molecule has 2 aromatic rings. The van der Waals surface area contributed by atoms with Gasteiger partial charge in [0.05, 0.1) is 13.2 Å². The molecule has 0 aliphatic rings. The van der Waals surface area contributed by atoms with E-state index in [4.69, 9.17) is 24.7 Å². The van der Waals surface area contributed by atoms with Crippen molar-refractivity contribution in [2.24, 2.45) is 0 Å². The second-order valence-electron chi connectivity index (χ2n) is 10.2. The van der Waals surface area contributed by atoms with Crippen LogP contribution in [0.4, 0.5) is 4.79 Å². The third-order valence-corrected chi connectivity index (χ3v) is 5.67. The maximum absolute atomic E-state index is 11.8. The van der Waals surface area contributed by atoms with Crippen molar-refractivity contribution in [3.05, 3.63) is 59.7 Å². The lowest BCUT2D eigenvalue weighted by Gasteiger charge is -2.19. The highest BCUT2D eigenvalue weighted by atomic mass is 16.6. The van der Waals surface area contributed by atoms with Crippen molar-refractivity contribution in [2.75, 3.05) is 19.8 Å². The smallest absolute Gasteiger partial charge is 0.413 e. The second kappa shape index (κ2) is 16.6. The Hall–Kier alpha value is -3.06. The topological polar surface area (TPSA) is 101 Å². The van der Waals surface area contributed by atoms with E-state index in [0.717, 1.165) is 42.9 Å². The molecule has 0 bridgehead atoms. The zero-order valence-corrected chi connectivity index (χ0v) is 22.7. The van der Waals surface area contributed by atoms with Gasteiger partial charge in [0.2, 0.25) is 0 Å². The molecule has 2 rings (SSSR count). The highest BCUT2D eigenvalue weighted by Gasteiger charge is 2.17. The van der Waals surface area contributed by atoms with Gasteiger partial charge in [-0.1, -0.05) is 50.7 Å². The van der Waals surface area contributed by atoms with Crippen LogP contribution in [0.15, 0.2) is 48.5 Å². The van der Waals surface area contributed by atoms with Crippen molar-refractivity contribution in [1.29, 1.82) is 5.41 Å². The van der Waals surface area contributed by atoms with E-state index in [2.05, 4.69) is 5.32 Å². The monoisotopic (exact) mass is 512 g/mol. The minimum Gasteiger partial charge on any atom is -0.494 e. The molecule has 7 heteroatoms. The first-order valence-corrected chi connectivity index (χ1v) is 13.4. The van der Waals surface area contributed by atoms with Crippen LogP contribution in [-0.4, -0.2) is 42.5 Å². The lowest BCUT2D eigenvalue weighted by molar-refractivity contribution is 0.0563. The molecule has 2 aromatic carbocycles. The highest BCUT2D eigenvalue weighted by molar-refractivity contribution is 6.04.